The van der Waals surface area contributed by atoms with Gasteiger partial charge in [0.1, 0.15) is 0 Å². The summed E-state index contributed by atoms with van der Waals surface area (Å²) in [6.45, 7) is 0. The van der Waals surface area contributed by atoms with Crippen LogP contribution in [0.15, 0.2) is 113 Å². The summed E-state index contributed by atoms with van der Waals surface area (Å²) in [6.07, 6.45) is 22.3. The third kappa shape index (κ3) is 3.65. The van der Waals surface area contributed by atoms with Crippen molar-refractivity contribution in [2.75, 3.05) is 0 Å². The first-order valence-corrected chi connectivity index (χ1v) is 10.8. The molecule has 0 radical (unpaired) electrons. The van der Waals surface area contributed by atoms with Crippen LogP contribution < -0.4 is 0 Å². The Labute approximate surface area is 189 Å². The van der Waals surface area contributed by atoms with Crippen molar-refractivity contribution in [1.82, 2.24) is 0 Å². The molecule has 0 aromatic heterocycles. The van der Waals surface area contributed by atoms with Gasteiger partial charge in [-0.25, -0.2) is 0 Å². The Hall–Kier alpha value is -1.46. The van der Waals surface area contributed by atoms with Crippen LogP contribution in [-0.4, -0.2) is 52.4 Å². The molecule has 8 bridgehead atoms. The van der Waals surface area contributed by atoms with E-state index in [9.17, 15) is 0 Å². The summed E-state index contributed by atoms with van der Waals surface area (Å²) in [5.41, 5.74) is 7.46. The Morgan fingerprint density at radius 2 is 0.962 bits per heavy atom. The van der Waals surface area contributed by atoms with Gasteiger partial charge in [0.2, 0.25) is 0 Å². The van der Waals surface area contributed by atoms with Gasteiger partial charge in [0, 0.05) is 0 Å². The number of fused-ring (bicyclic) bond motifs is 4. The monoisotopic (exact) mass is 533 g/mol. The summed E-state index contributed by atoms with van der Waals surface area (Å²) >= 11 is 0.496. The number of rotatable bonds is 0. The zero-order chi connectivity index (χ0) is 16.8. The van der Waals surface area contributed by atoms with Crippen molar-refractivity contribution in [2.24, 2.45) is 20.0 Å². The molecule has 0 aromatic rings. The molecule has 0 atom stereocenters. The fourth-order valence-electron chi connectivity index (χ4n) is 2.95. The van der Waals surface area contributed by atoms with Gasteiger partial charge in [0.05, 0.1) is 0 Å². The second-order valence-electron chi connectivity index (χ2n) is 6.05. The molecular weight excluding hydrogens is 520 g/mol. The van der Waals surface area contributed by atoms with Crippen molar-refractivity contribution in [1.29, 1.82) is 0 Å². The molecule has 0 spiro atoms. The predicted molar refractivity (Wildman–Crippen MR) is 105 cm³/mol. The summed E-state index contributed by atoms with van der Waals surface area (Å²) in [4.78, 5) is 18.7. The molecule has 115 valence electrons. The van der Waals surface area contributed by atoms with Crippen LogP contribution in [0.4, 0.5) is 0 Å². The van der Waals surface area contributed by atoms with Crippen molar-refractivity contribution >= 4 is 52.4 Å². The van der Waals surface area contributed by atoms with Crippen LogP contribution in [0.5, 0.6) is 0 Å². The fraction of sp³-hybridized carbons (Fsp3) is 0. The van der Waals surface area contributed by atoms with Crippen LogP contribution in [-0.2, 0) is 26.1 Å². The third-order valence-corrected chi connectivity index (χ3v) is 6.32. The third-order valence-electron chi connectivity index (χ3n) is 4.12. The van der Waals surface area contributed by atoms with Gasteiger partial charge < -0.3 is 0 Å². The van der Waals surface area contributed by atoms with E-state index in [-0.39, 0.29) is 29.6 Å². The number of hydrogen-bond donors (Lipinski definition) is 0. The van der Waals surface area contributed by atoms with Gasteiger partial charge >= 0.3 is 191 Å². The van der Waals surface area contributed by atoms with E-state index in [2.05, 4.69) is 27.1 Å². The maximum atomic E-state index is 4.74. The van der Waals surface area contributed by atoms with Gasteiger partial charge in [-0.1, -0.05) is 0 Å². The molecule has 0 saturated carbocycles. The molecule has 5 aliphatic heterocycles. The first-order chi connectivity index (χ1) is 12.2. The molecular formula is C20H12HgN4Na. The van der Waals surface area contributed by atoms with Crippen molar-refractivity contribution < 1.29 is 26.1 Å². The standard InChI is InChI=1S/C20H11N4.Hg.Na.H/c1-2-14-10-16-5-6-18(23-16)12-20-8-7-19(24-20)11-17-4-3-15(22-17)9-13(1)21-14;;;/h1-7,9-12H;;;. The second-order valence-corrected chi connectivity index (χ2v) is 9.01. The van der Waals surface area contributed by atoms with E-state index >= 15 is 0 Å². The zero-order valence-corrected chi connectivity index (χ0v) is 18.8. The topological polar surface area (TPSA) is 49.4 Å². The number of allylic oxidation sites excluding steroid dienone is 12. The summed E-state index contributed by atoms with van der Waals surface area (Å²) in [5, 5.41) is 0. The average Bonchev–Trinajstić information content (AvgIpc) is 3.33. The summed E-state index contributed by atoms with van der Waals surface area (Å²) in [6, 6.07) is 0. The number of aliphatic imine (C=N–C) groups is 4. The van der Waals surface area contributed by atoms with E-state index in [4.69, 9.17) is 4.99 Å². The molecule has 0 unspecified atom stereocenters. The predicted octanol–water partition coefficient (Wildman–Crippen LogP) is 2.80. The molecule has 5 aliphatic rings. The Kier molecular flexibility index (Phi) is 5.01. The quantitative estimate of drug-likeness (QED) is 0.432. The van der Waals surface area contributed by atoms with E-state index in [0.717, 1.165) is 45.6 Å². The molecule has 0 fully saturated rings. The number of hydrogen-bond acceptors (Lipinski definition) is 4. The van der Waals surface area contributed by atoms with Crippen molar-refractivity contribution in [2.45, 2.75) is 0 Å². The van der Waals surface area contributed by atoms with Crippen LogP contribution in [0, 0.1) is 0 Å². The molecule has 6 heteroatoms. The molecule has 5 rings (SSSR count). The Morgan fingerprint density at radius 1 is 0.500 bits per heavy atom. The van der Waals surface area contributed by atoms with Gasteiger partial charge in [-0.3, -0.25) is 0 Å². The zero-order valence-electron chi connectivity index (χ0n) is 13.3. The molecule has 0 saturated heterocycles. The van der Waals surface area contributed by atoms with E-state index in [0.29, 0.717) is 26.1 Å². The minimum absolute atomic E-state index is 0. The van der Waals surface area contributed by atoms with E-state index in [1.165, 1.54) is 3.08 Å². The van der Waals surface area contributed by atoms with E-state index in [1.807, 2.05) is 54.7 Å². The molecule has 5 heterocycles. The van der Waals surface area contributed by atoms with Gasteiger partial charge in [-0.05, 0) is 0 Å². The Balaban J connectivity index is 0.00000168. The fourth-order valence-corrected chi connectivity index (χ4v) is 4.47. The molecule has 26 heavy (non-hydrogen) atoms. The summed E-state index contributed by atoms with van der Waals surface area (Å²) in [5.74, 6) is 0. The van der Waals surface area contributed by atoms with Crippen LogP contribution in [0.3, 0.4) is 0 Å². The molecule has 0 N–H and O–H groups in total. The maximum absolute atomic E-state index is 4.74. The first-order valence-electron chi connectivity index (χ1n) is 8.01. The number of nitrogens with zero attached hydrogens (tertiary/aromatic N) is 4. The minimum atomic E-state index is 0. The molecule has 0 amide bonds. The normalized spacial score (nSPS) is 21.8. The van der Waals surface area contributed by atoms with Gasteiger partial charge in [-0.15, -0.1) is 0 Å². The summed E-state index contributed by atoms with van der Waals surface area (Å²) in [7, 11) is 0. The summed E-state index contributed by atoms with van der Waals surface area (Å²) < 4.78 is 1.32. The average molecular weight is 532 g/mol. The molecule has 0 aromatic carbocycles. The Bertz CT molecular complexity index is 1080. The molecule has 0 aliphatic carbocycles. The SMILES string of the molecule is [Hg][C]1=CC2=CC3=NC(=CC4=NC(=CC5=NC(=CC1=N2)C=C5)C=C4)C=C3.[NaH]. The van der Waals surface area contributed by atoms with E-state index in [1.54, 1.807) is 0 Å². The van der Waals surface area contributed by atoms with Crippen molar-refractivity contribution in [3.63, 3.8) is 0 Å². The van der Waals surface area contributed by atoms with Gasteiger partial charge in [0.25, 0.3) is 0 Å². The Morgan fingerprint density at radius 3 is 1.50 bits per heavy atom. The van der Waals surface area contributed by atoms with Crippen LogP contribution >= 0.6 is 0 Å². The van der Waals surface area contributed by atoms with Crippen LogP contribution in [0.25, 0.3) is 0 Å². The van der Waals surface area contributed by atoms with Crippen molar-refractivity contribution in [3.8, 4) is 0 Å². The van der Waals surface area contributed by atoms with Gasteiger partial charge in [0.15, 0.2) is 0 Å². The van der Waals surface area contributed by atoms with Crippen LogP contribution in [0.2, 0.25) is 0 Å². The first kappa shape index (κ1) is 17.9. The molecule has 4 nitrogen and oxygen atoms in total. The van der Waals surface area contributed by atoms with Crippen LogP contribution in [0.1, 0.15) is 0 Å². The van der Waals surface area contributed by atoms with Crippen molar-refractivity contribution in [3.05, 3.63) is 92.7 Å². The van der Waals surface area contributed by atoms with Gasteiger partial charge in [-0.2, -0.15) is 0 Å². The van der Waals surface area contributed by atoms with E-state index < -0.39 is 0 Å². The second kappa shape index (κ2) is 7.27.